The number of nitrogens with zero attached hydrogens (tertiary/aromatic N) is 1. The number of hydrogen-bond acceptors (Lipinski definition) is 5. The van der Waals surface area contributed by atoms with E-state index < -0.39 is 12.2 Å². The second-order valence-corrected chi connectivity index (χ2v) is 3.70. The third-order valence-electron chi connectivity index (χ3n) is 3.13. The Balaban J connectivity index is 2.08. The Bertz CT molecular complexity index is 195. The van der Waals surface area contributed by atoms with E-state index in [0.717, 1.165) is 0 Å². The Kier molecular flexibility index (Phi) is 2.29. The number of rotatable bonds is 2. The maximum absolute atomic E-state index is 9.55. The molecule has 0 unspecified atom stereocenters. The monoisotopic (exact) mass is 189 g/mol. The van der Waals surface area contributed by atoms with E-state index in [2.05, 4.69) is 0 Å². The Labute approximate surface area is 76.5 Å². The van der Waals surface area contributed by atoms with Crippen LogP contribution in [-0.2, 0) is 4.74 Å². The highest BCUT2D eigenvalue weighted by Crippen LogP contribution is 2.36. The van der Waals surface area contributed by atoms with Crippen molar-refractivity contribution in [2.24, 2.45) is 0 Å². The minimum atomic E-state index is -0.743. The van der Waals surface area contributed by atoms with Gasteiger partial charge < -0.3 is 20.1 Å². The SMILES string of the molecule is CO[C@@H]1[C@@H]2[C@@H](O)[C@@H](O)CN2[C@H]1CO. The molecule has 76 valence electrons. The lowest BCUT2D eigenvalue weighted by atomic mass is 9.89. The third-order valence-corrected chi connectivity index (χ3v) is 3.13. The lowest BCUT2D eigenvalue weighted by molar-refractivity contribution is -0.153. The van der Waals surface area contributed by atoms with Crippen molar-refractivity contribution in [1.29, 1.82) is 0 Å². The number of fused-ring (bicyclic) bond motifs is 1. The highest BCUT2D eigenvalue weighted by Gasteiger charge is 2.58. The minimum Gasteiger partial charge on any atom is -0.395 e. The highest BCUT2D eigenvalue weighted by molar-refractivity contribution is 5.12. The molecule has 0 spiro atoms. The molecule has 0 amide bonds. The molecule has 0 bridgehead atoms. The first-order valence-corrected chi connectivity index (χ1v) is 4.46. The summed E-state index contributed by atoms with van der Waals surface area (Å²) < 4.78 is 5.15. The molecule has 0 radical (unpaired) electrons. The molecule has 13 heavy (non-hydrogen) atoms. The van der Waals surface area contributed by atoms with Crippen LogP contribution >= 0.6 is 0 Å². The van der Waals surface area contributed by atoms with E-state index in [1.54, 1.807) is 7.11 Å². The number of aliphatic hydroxyl groups excluding tert-OH is 3. The first-order chi connectivity index (χ1) is 6.20. The van der Waals surface area contributed by atoms with E-state index in [-0.39, 0.29) is 24.8 Å². The van der Waals surface area contributed by atoms with Gasteiger partial charge in [-0.25, -0.2) is 0 Å². The number of methoxy groups -OCH3 is 1. The molecule has 5 nitrogen and oxygen atoms in total. The molecule has 5 heteroatoms. The van der Waals surface area contributed by atoms with Crippen LogP contribution in [0.15, 0.2) is 0 Å². The van der Waals surface area contributed by atoms with Crippen molar-refractivity contribution in [3.63, 3.8) is 0 Å². The zero-order valence-electron chi connectivity index (χ0n) is 7.50. The summed E-state index contributed by atoms with van der Waals surface area (Å²) in [5, 5.41) is 27.9. The van der Waals surface area contributed by atoms with Crippen molar-refractivity contribution in [2.75, 3.05) is 20.3 Å². The molecule has 0 aromatic carbocycles. The van der Waals surface area contributed by atoms with Gasteiger partial charge >= 0.3 is 0 Å². The maximum atomic E-state index is 9.55. The van der Waals surface area contributed by atoms with Gasteiger partial charge in [-0.15, -0.1) is 0 Å². The summed E-state index contributed by atoms with van der Waals surface area (Å²) in [5.41, 5.74) is 0. The van der Waals surface area contributed by atoms with Crippen molar-refractivity contribution in [3.8, 4) is 0 Å². The number of hydrogen-bond donors (Lipinski definition) is 3. The summed E-state index contributed by atoms with van der Waals surface area (Å²) in [6.07, 6.45) is -1.61. The van der Waals surface area contributed by atoms with Crippen LogP contribution in [0, 0.1) is 0 Å². The van der Waals surface area contributed by atoms with Crippen molar-refractivity contribution in [2.45, 2.75) is 30.4 Å². The van der Waals surface area contributed by atoms with Crippen LogP contribution in [0.3, 0.4) is 0 Å². The molecular weight excluding hydrogens is 174 g/mol. The van der Waals surface area contributed by atoms with Gasteiger partial charge in [0, 0.05) is 13.7 Å². The second-order valence-electron chi connectivity index (χ2n) is 3.70. The smallest absolute Gasteiger partial charge is 0.0992 e. The second kappa shape index (κ2) is 3.18. The zero-order chi connectivity index (χ0) is 9.59. The van der Waals surface area contributed by atoms with Crippen LogP contribution in [0.4, 0.5) is 0 Å². The minimum absolute atomic E-state index is 0.00838. The Morgan fingerprint density at radius 1 is 1.46 bits per heavy atom. The Morgan fingerprint density at radius 2 is 2.15 bits per heavy atom. The van der Waals surface area contributed by atoms with Crippen LogP contribution in [0.25, 0.3) is 0 Å². The molecule has 2 aliphatic heterocycles. The van der Waals surface area contributed by atoms with E-state index in [0.29, 0.717) is 6.54 Å². The van der Waals surface area contributed by atoms with Gasteiger partial charge in [0.1, 0.15) is 0 Å². The number of ether oxygens (including phenoxy) is 1. The van der Waals surface area contributed by atoms with Gasteiger partial charge in [-0.1, -0.05) is 0 Å². The molecule has 0 aromatic rings. The Hall–Kier alpha value is -0.200. The summed E-state index contributed by atoms with van der Waals surface area (Å²) in [4.78, 5) is 1.89. The summed E-state index contributed by atoms with van der Waals surface area (Å²) in [6, 6.07) is -0.209. The summed E-state index contributed by atoms with van der Waals surface area (Å²) in [5.74, 6) is 0. The first-order valence-electron chi connectivity index (χ1n) is 4.46. The average molecular weight is 189 g/mol. The van der Waals surface area contributed by atoms with E-state index in [1.165, 1.54) is 0 Å². The van der Waals surface area contributed by atoms with Gasteiger partial charge in [0.2, 0.25) is 0 Å². The van der Waals surface area contributed by atoms with E-state index in [1.807, 2.05) is 4.90 Å². The third kappa shape index (κ3) is 1.12. The highest BCUT2D eigenvalue weighted by atomic mass is 16.5. The fourth-order valence-corrected chi connectivity index (χ4v) is 2.43. The molecule has 3 N–H and O–H groups in total. The molecule has 2 rings (SSSR count). The Morgan fingerprint density at radius 3 is 2.69 bits per heavy atom. The number of aliphatic hydroxyl groups is 3. The molecule has 0 aromatic heterocycles. The van der Waals surface area contributed by atoms with Crippen LogP contribution in [0.1, 0.15) is 0 Å². The van der Waals surface area contributed by atoms with Gasteiger partial charge in [0.25, 0.3) is 0 Å². The topological polar surface area (TPSA) is 73.2 Å². The maximum Gasteiger partial charge on any atom is 0.0992 e. The van der Waals surface area contributed by atoms with Crippen molar-refractivity contribution in [1.82, 2.24) is 4.90 Å². The quantitative estimate of drug-likeness (QED) is 0.459. The van der Waals surface area contributed by atoms with Crippen molar-refractivity contribution >= 4 is 0 Å². The normalized spacial score (nSPS) is 50.3. The fraction of sp³-hybridized carbons (Fsp3) is 1.00. The van der Waals surface area contributed by atoms with Gasteiger partial charge in [0.15, 0.2) is 0 Å². The molecule has 2 aliphatic rings. The first kappa shape index (κ1) is 9.36. The van der Waals surface area contributed by atoms with Gasteiger partial charge in [-0.2, -0.15) is 0 Å². The zero-order valence-corrected chi connectivity index (χ0v) is 7.50. The van der Waals surface area contributed by atoms with Crippen LogP contribution in [0.5, 0.6) is 0 Å². The lowest BCUT2D eigenvalue weighted by Crippen LogP contribution is -2.69. The fourth-order valence-electron chi connectivity index (χ4n) is 2.43. The molecule has 2 heterocycles. The molecular formula is C8H15NO4. The van der Waals surface area contributed by atoms with Crippen LogP contribution in [0.2, 0.25) is 0 Å². The molecule has 0 aliphatic carbocycles. The molecule has 5 atom stereocenters. The molecule has 2 fully saturated rings. The van der Waals surface area contributed by atoms with E-state index in [4.69, 9.17) is 9.84 Å². The van der Waals surface area contributed by atoms with Crippen molar-refractivity contribution < 1.29 is 20.1 Å². The molecule has 0 saturated carbocycles. The largest absolute Gasteiger partial charge is 0.395 e. The van der Waals surface area contributed by atoms with Crippen molar-refractivity contribution in [3.05, 3.63) is 0 Å². The molecule has 2 saturated heterocycles. The summed E-state index contributed by atoms with van der Waals surface area (Å²) in [7, 11) is 1.56. The van der Waals surface area contributed by atoms with E-state index >= 15 is 0 Å². The summed E-state index contributed by atoms with van der Waals surface area (Å²) in [6.45, 7) is 0.436. The van der Waals surface area contributed by atoms with Crippen LogP contribution < -0.4 is 0 Å². The average Bonchev–Trinajstić information content (AvgIpc) is 2.32. The predicted molar refractivity (Wildman–Crippen MR) is 44.2 cm³/mol. The van der Waals surface area contributed by atoms with Gasteiger partial charge in [-0.05, 0) is 0 Å². The van der Waals surface area contributed by atoms with Gasteiger partial charge in [-0.3, -0.25) is 4.90 Å². The van der Waals surface area contributed by atoms with Crippen LogP contribution in [-0.4, -0.2) is 70.9 Å². The standard InChI is InChI=1S/C8H15NO4/c1-13-8-4(3-10)9-2-5(11)7(12)6(8)9/h4-8,10-12H,2-3H2,1H3/t4-,5-,6-,7-,8-/m0/s1. The summed E-state index contributed by atoms with van der Waals surface area (Å²) >= 11 is 0. The predicted octanol–water partition coefficient (Wildman–Crippen LogP) is -2.22. The van der Waals surface area contributed by atoms with Gasteiger partial charge in [0.05, 0.1) is 37.0 Å². The van der Waals surface area contributed by atoms with E-state index in [9.17, 15) is 10.2 Å². The lowest BCUT2D eigenvalue weighted by Gasteiger charge is -2.50.